The molecule has 4 nitrogen and oxygen atoms in total. The molecule has 134 valence electrons. The molecule has 3 aliphatic rings. The zero-order chi connectivity index (χ0) is 17.8. The van der Waals surface area contributed by atoms with Crippen LogP contribution in [0, 0.1) is 11.3 Å². The standard InChI is InChI=1S/C21H29N3O/c1-5-21(14-9-7-6-8-10-14)17-13(2)23-24-19(17)22-15-11-20(3,4)12-16(25)18(15)21/h6-10,13,17,19,22-24H,5,11-12H2,1-4H3. The topological polar surface area (TPSA) is 53.2 Å². The number of nitrogens with one attached hydrogen (secondary N) is 3. The first kappa shape index (κ1) is 16.8. The largest absolute Gasteiger partial charge is 0.371 e. The second-order valence-electron chi connectivity index (χ2n) is 8.71. The van der Waals surface area contributed by atoms with Crippen LogP contribution < -0.4 is 16.2 Å². The number of rotatable bonds is 2. The van der Waals surface area contributed by atoms with Crippen molar-refractivity contribution in [1.29, 1.82) is 0 Å². The van der Waals surface area contributed by atoms with E-state index >= 15 is 0 Å². The number of carbonyl (C=O) groups excluding carboxylic acids is 1. The van der Waals surface area contributed by atoms with Gasteiger partial charge in [-0.1, -0.05) is 51.1 Å². The Labute approximate surface area is 150 Å². The van der Waals surface area contributed by atoms with Crippen molar-refractivity contribution in [3.8, 4) is 0 Å². The summed E-state index contributed by atoms with van der Waals surface area (Å²) < 4.78 is 0. The third kappa shape index (κ3) is 2.38. The van der Waals surface area contributed by atoms with Gasteiger partial charge in [0, 0.05) is 35.1 Å². The smallest absolute Gasteiger partial charge is 0.162 e. The normalized spacial score (nSPS) is 36.6. The van der Waals surface area contributed by atoms with Crippen LogP contribution in [0.4, 0.5) is 0 Å². The molecule has 0 radical (unpaired) electrons. The Hall–Kier alpha value is -1.65. The first-order chi connectivity index (χ1) is 11.9. The minimum Gasteiger partial charge on any atom is -0.371 e. The molecule has 4 heteroatoms. The number of carbonyl (C=O) groups is 1. The van der Waals surface area contributed by atoms with Crippen LogP contribution in [0.2, 0.25) is 0 Å². The first-order valence-electron chi connectivity index (χ1n) is 9.49. The van der Waals surface area contributed by atoms with Gasteiger partial charge in [0.15, 0.2) is 5.78 Å². The number of Topliss-reactive ketones (excluding diaryl/α,β-unsaturated/α-hetero) is 1. The highest BCUT2D eigenvalue weighted by molar-refractivity contribution is 6.00. The van der Waals surface area contributed by atoms with Crippen molar-refractivity contribution in [2.75, 3.05) is 0 Å². The van der Waals surface area contributed by atoms with Gasteiger partial charge in [0.25, 0.3) is 0 Å². The molecular weight excluding hydrogens is 310 g/mol. The summed E-state index contributed by atoms with van der Waals surface area (Å²) in [6.07, 6.45) is 2.64. The lowest BCUT2D eigenvalue weighted by Gasteiger charge is -2.51. The average Bonchev–Trinajstić information content (AvgIpc) is 2.94. The van der Waals surface area contributed by atoms with Gasteiger partial charge in [-0.15, -0.1) is 0 Å². The molecule has 1 aliphatic carbocycles. The van der Waals surface area contributed by atoms with Crippen molar-refractivity contribution in [3.63, 3.8) is 0 Å². The average molecular weight is 339 g/mol. The van der Waals surface area contributed by atoms with Crippen molar-refractivity contribution < 1.29 is 4.79 Å². The Kier molecular flexibility index (Phi) is 3.82. The zero-order valence-corrected chi connectivity index (χ0v) is 15.6. The summed E-state index contributed by atoms with van der Waals surface area (Å²) in [5, 5.41) is 3.68. The molecule has 0 amide bonds. The molecule has 4 unspecified atom stereocenters. The van der Waals surface area contributed by atoms with E-state index in [1.165, 1.54) is 5.56 Å². The lowest BCUT2D eigenvalue weighted by molar-refractivity contribution is -0.119. The van der Waals surface area contributed by atoms with Gasteiger partial charge >= 0.3 is 0 Å². The Bertz CT molecular complexity index is 724. The maximum atomic E-state index is 13.3. The molecule has 3 N–H and O–H groups in total. The fourth-order valence-corrected chi connectivity index (χ4v) is 5.53. The summed E-state index contributed by atoms with van der Waals surface area (Å²) in [6.45, 7) is 8.84. The van der Waals surface area contributed by atoms with Crippen LogP contribution in [-0.2, 0) is 10.2 Å². The number of hydrogen-bond donors (Lipinski definition) is 3. The van der Waals surface area contributed by atoms with E-state index in [-0.39, 0.29) is 23.0 Å². The van der Waals surface area contributed by atoms with E-state index in [0.717, 1.165) is 24.1 Å². The SMILES string of the molecule is CCC1(c2ccccc2)C2=C(CC(C)(C)CC2=O)NC2NNC(C)C21. The Balaban J connectivity index is 1.97. The Morgan fingerprint density at radius 2 is 1.84 bits per heavy atom. The van der Waals surface area contributed by atoms with Gasteiger partial charge in [-0.05, 0) is 30.7 Å². The van der Waals surface area contributed by atoms with E-state index in [9.17, 15) is 4.79 Å². The van der Waals surface area contributed by atoms with Gasteiger partial charge in [-0.3, -0.25) is 10.2 Å². The summed E-state index contributed by atoms with van der Waals surface area (Å²) in [5.41, 5.74) is 10.1. The molecule has 0 saturated carbocycles. The highest BCUT2D eigenvalue weighted by Crippen LogP contribution is 2.53. The molecule has 4 rings (SSSR count). The van der Waals surface area contributed by atoms with Crippen LogP contribution in [0.5, 0.6) is 0 Å². The summed E-state index contributed by atoms with van der Waals surface area (Å²) in [6, 6.07) is 10.9. The fourth-order valence-electron chi connectivity index (χ4n) is 5.53. The van der Waals surface area contributed by atoms with Gasteiger partial charge in [0.05, 0.1) is 6.17 Å². The number of fused-ring (bicyclic) bond motifs is 1. The van der Waals surface area contributed by atoms with Gasteiger partial charge in [-0.2, -0.15) is 0 Å². The molecular formula is C21H29N3O. The highest BCUT2D eigenvalue weighted by atomic mass is 16.1. The van der Waals surface area contributed by atoms with Gasteiger partial charge in [0.1, 0.15) is 0 Å². The van der Waals surface area contributed by atoms with E-state index in [1.54, 1.807) is 0 Å². The lowest BCUT2D eigenvalue weighted by Crippen LogP contribution is -2.59. The van der Waals surface area contributed by atoms with E-state index in [4.69, 9.17) is 0 Å². The number of hydrazine groups is 1. The number of ketones is 1. The van der Waals surface area contributed by atoms with Gasteiger partial charge in [0.2, 0.25) is 0 Å². The Morgan fingerprint density at radius 3 is 2.52 bits per heavy atom. The van der Waals surface area contributed by atoms with Crippen molar-refractivity contribution in [1.82, 2.24) is 16.2 Å². The van der Waals surface area contributed by atoms with Crippen LogP contribution in [0.1, 0.15) is 52.5 Å². The first-order valence-corrected chi connectivity index (χ1v) is 9.49. The minimum absolute atomic E-state index is 0.0174. The minimum atomic E-state index is -0.240. The summed E-state index contributed by atoms with van der Waals surface area (Å²) >= 11 is 0. The van der Waals surface area contributed by atoms with E-state index in [2.05, 4.69) is 74.2 Å². The Morgan fingerprint density at radius 1 is 1.12 bits per heavy atom. The fraction of sp³-hybridized carbons (Fsp3) is 0.571. The third-order valence-corrected chi connectivity index (χ3v) is 6.43. The maximum Gasteiger partial charge on any atom is 0.162 e. The van der Waals surface area contributed by atoms with Crippen LogP contribution in [-0.4, -0.2) is 18.0 Å². The molecule has 1 aromatic carbocycles. The molecule has 4 atom stereocenters. The van der Waals surface area contributed by atoms with Gasteiger partial charge in [-0.25, -0.2) is 5.43 Å². The van der Waals surface area contributed by atoms with Crippen LogP contribution in [0.3, 0.4) is 0 Å². The number of allylic oxidation sites excluding steroid dienone is 2. The predicted octanol–water partition coefficient (Wildman–Crippen LogP) is 3.02. The monoisotopic (exact) mass is 339 g/mol. The molecule has 1 fully saturated rings. The molecule has 2 heterocycles. The quantitative estimate of drug-likeness (QED) is 0.775. The summed E-state index contributed by atoms with van der Waals surface area (Å²) in [5.74, 6) is 0.616. The predicted molar refractivity (Wildman–Crippen MR) is 99.6 cm³/mol. The molecule has 25 heavy (non-hydrogen) atoms. The van der Waals surface area contributed by atoms with Crippen molar-refractivity contribution in [3.05, 3.63) is 47.2 Å². The van der Waals surface area contributed by atoms with Crippen molar-refractivity contribution in [2.24, 2.45) is 11.3 Å². The van der Waals surface area contributed by atoms with E-state index in [0.29, 0.717) is 18.1 Å². The lowest BCUT2D eigenvalue weighted by atomic mass is 9.55. The highest BCUT2D eigenvalue weighted by Gasteiger charge is 2.57. The summed E-state index contributed by atoms with van der Waals surface area (Å²) in [7, 11) is 0. The molecule has 1 aromatic rings. The maximum absolute atomic E-state index is 13.3. The number of benzene rings is 1. The van der Waals surface area contributed by atoms with Crippen LogP contribution >= 0.6 is 0 Å². The van der Waals surface area contributed by atoms with Crippen molar-refractivity contribution >= 4 is 5.78 Å². The number of hydrogen-bond acceptors (Lipinski definition) is 4. The molecule has 0 spiro atoms. The zero-order valence-electron chi connectivity index (χ0n) is 15.6. The van der Waals surface area contributed by atoms with Gasteiger partial charge < -0.3 is 5.32 Å². The molecule has 1 saturated heterocycles. The molecule has 0 aromatic heterocycles. The second kappa shape index (κ2) is 5.68. The van der Waals surface area contributed by atoms with Crippen LogP contribution in [0.25, 0.3) is 0 Å². The van der Waals surface area contributed by atoms with Crippen LogP contribution in [0.15, 0.2) is 41.6 Å². The van der Waals surface area contributed by atoms with Crippen molar-refractivity contribution in [2.45, 2.75) is 64.6 Å². The third-order valence-electron chi connectivity index (χ3n) is 6.43. The molecule has 0 bridgehead atoms. The summed E-state index contributed by atoms with van der Waals surface area (Å²) in [4.78, 5) is 13.3. The second-order valence-corrected chi connectivity index (χ2v) is 8.71. The van der Waals surface area contributed by atoms with E-state index in [1.807, 2.05) is 0 Å². The van der Waals surface area contributed by atoms with E-state index < -0.39 is 0 Å². The molecule has 2 aliphatic heterocycles.